The molecule has 0 bridgehead atoms. The lowest BCUT2D eigenvalue weighted by molar-refractivity contribution is -0.138. The molecule has 3 rings (SSSR count). The Morgan fingerprint density at radius 1 is 0.605 bits per heavy atom. The zero-order valence-electron chi connectivity index (χ0n) is 20.8. The molecule has 0 aromatic heterocycles. The Morgan fingerprint density at radius 3 is 1.68 bits per heavy atom. The second kappa shape index (κ2) is 14.6. The highest BCUT2D eigenvalue weighted by atomic mass is 16.5. The van der Waals surface area contributed by atoms with Gasteiger partial charge in [-0.05, 0) is 72.0 Å². The molecule has 0 N–H and O–H groups in total. The zero-order chi connectivity index (χ0) is 27.2. The van der Waals surface area contributed by atoms with Crippen LogP contribution in [0, 0.1) is 0 Å². The Hall–Kier alpha value is -4.91. The van der Waals surface area contributed by atoms with Crippen LogP contribution in [0.4, 0.5) is 0 Å². The topological polar surface area (TPSA) is 88.1 Å². The van der Waals surface area contributed by atoms with Crippen molar-refractivity contribution in [2.45, 2.75) is 12.8 Å². The second-order valence-electron chi connectivity index (χ2n) is 7.92. The maximum absolute atomic E-state index is 12.1. The van der Waals surface area contributed by atoms with Gasteiger partial charge in [0.15, 0.2) is 0 Å². The molecule has 38 heavy (non-hydrogen) atoms. The average Bonchev–Trinajstić information content (AvgIpc) is 2.95. The minimum atomic E-state index is -0.566. The summed E-state index contributed by atoms with van der Waals surface area (Å²) >= 11 is 0. The van der Waals surface area contributed by atoms with Crippen molar-refractivity contribution in [2.24, 2.45) is 0 Å². The third kappa shape index (κ3) is 9.28. The summed E-state index contributed by atoms with van der Waals surface area (Å²) in [4.78, 5) is 34.3. The van der Waals surface area contributed by atoms with Crippen molar-refractivity contribution < 1.29 is 33.3 Å². The third-order valence-electron chi connectivity index (χ3n) is 5.16. The second-order valence-corrected chi connectivity index (χ2v) is 7.92. The molecule has 0 fully saturated rings. The lowest BCUT2D eigenvalue weighted by Gasteiger charge is -2.08. The summed E-state index contributed by atoms with van der Waals surface area (Å²) in [6.45, 7) is 7.57. The number of carbonyl (C=O) groups excluding carboxylic acids is 3. The van der Waals surface area contributed by atoms with Gasteiger partial charge in [0.2, 0.25) is 0 Å². The highest BCUT2D eigenvalue weighted by Crippen LogP contribution is 2.23. The van der Waals surface area contributed by atoms with E-state index in [0.717, 1.165) is 47.4 Å². The number of ether oxygens (including phenoxy) is 4. The smallest absolute Gasteiger partial charge is 0.336 e. The van der Waals surface area contributed by atoms with Crippen LogP contribution in [0.3, 0.4) is 0 Å². The van der Waals surface area contributed by atoms with Gasteiger partial charge in [0.05, 0.1) is 13.2 Å². The number of rotatable bonds is 13. The Labute approximate surface area is 221 Å². The maximum atomic E-state index is 12.1. The lowest BCUT2D eigenvalue weighted by atomic mass is 10.0. The fraction of sp³-hybridized carbons (Fsp3) is 0.129. The molecule has 0 unspecified atom stereocenters. The summed E-state index contributed by atoms with van der Waals surface area (Å²) in [5, 5.41) is 0. The van der Waals surface area contributed by atoms with Crippen molar-refractivity contribution in [1.82, 2.24) is 0 Å². The molecule has 194 valence electrons. The van der Waals surface area contributed by atoms with Crippen LogP contribution < -0.4 is 14.2 Å². The van der Waals surface area contributed by atoms with Crippen LogP contribution in [-0.4, -0.2) is 31.1 Å². The van der Waals surface area contributed by atoms with Crippen LogP contribution in [0.2, 0.25) is 0 Å². The Balaban J connectivity index is 1.44. The van der Waals surface area contributed by atoms with Crippen molar-refractivity contribution >= 4 is 24.0 Å². The van der Waals surface area contributed by atoms with Crippen molar-refractivity contribution in [1.29, 1.82) is 0 Å². The highest BCUT2D eigenvalue weighted by Gasteiger charge is 2.04. The average molecular weight is 513 g/mol. The van der Waals surface area contributed by atoms with Gasteiger partial charge in [0.25, 0.3) is 0 Å². The molecule has 0 atom stereocenters. The standard InChI is InChI=1S/C31H28O7/c1-3-29(32)36-22-6-5-21-35-26-14-12-25(13-15-26)24-10-7-23(8-11-24)9-20-31(34)38-28-18-16-27(17-19-28)37-30(33)4-2/h3-4,7-20H,1-2,5-6,21-22H2. The van der Waals surface area contributed by atoms with E-state index in [0.29, 0.717) is 24.7 Å². The summed E-state index contributed by atoms with van der Waals surface area (Å²) in [7, 11) is 0. The molecule has 3 aromatic rings. The van der Waals surface area contributed by atoms with E-state index in [9.17, 15) is 14.4 Å². The summed E-state index contributed by atoms with van der Waals surface area (Å²) in [5.41, 5.74) is 2.90. The van der Waals surface area contributed by atoms with E-state index in [2.05, 4.69) is 13.2 Å². The first-order valence-electron chi connectivity index (χ1n) is 11.9. The first-order valence-corrected chi connectivity index (χ1v) is 11.9. The molecule has 0 aliphatic carbocycles. The quantitative estimate of drug-likeness (QED) is 0.121. The molecular formula is C31H28O7. The van der Waals surface area contributed by atoms with Crippen molar-refractivity contribution in [2.75, 3.05) is 13.2 Å². The monoisotopic (exact) mass is 512 g/mol. The number of hydrogen-bond donors (Lipinski definition) is 0. The normalized spacial score (nSPS) is 10.4. The molecular weight excluding hydrogens is 484 g/mol. The lowest BCUT2D eigenvalue weighted by Crippen LogP contribution is -2.05. The largest absolute Gasteiger partial charge is 0.494 e. The van der Waals surface area contributed by atoms with Gasteiger partial charge in [-0.25, -0.2) is 14.4 Å². The summed E-state index contributed by atoms with van der Waals surface area (Å²) < 4.78 is 20.9. The van der Waals surface area contributed by atoms with Crippen LogP contribution in [0.5, 0.6) is 17.2 Å². The maximum Gasteiger partial charge on any atom is 0.336 e. The van der Waals surface area contributed by atoms with Gasteiger partial charge in [0.1, 0.15) is 17.2 Å². The minimum Gasteiger partial charge on any atom is -0.494 e. The molecule has 0 spiro atoms. The van der Waals surface area contributed by atoms with E-state index in [4.69, 9.17) is 18.9 Å². The van der Waals surface area contributed by atoms with Crippen LogP contribution in [0.15, 0.2) is 104 Å². The van der Waals surface area contributed by atoms with Crippen LogP contribution in [-0.2, 0) is 19.1 Å². The molecule has 0 radical (unpaired) electrons. The van der Waals surface area contributed by atoms with E-state index in [1.165, 1.54) is 30.3 Å². The first kappa shape index (κ1) is 27.7. The Bertz CT molecular complexity index is 1270. The molecule has 0 heterocycles. The third-order valence-corrected chi connectivity index (χ3v) is 5.16. The van der Waals surface area contributed by atoms with Crippen molar-refractivity contribution in [3.8, 4) is 28.4 Å². The van der Waals surface area contributed by atoms with Gasteiger partial charge in [-0.2, -0.15) is 0 Å². The molecule has 0 aliphatic rings. The molecule has 0 aliphatic heterocycles. The fourth-order valence-electron chi connectivity index (χ4n) is 3.20. The van der Waals surface area contributed by atoms with E-state index in [-0.39, 0.29) is 0 Å². The van der Waals surface area contributed by atoms with E-state index >= 15 is 0 Å². The van der Waals surface area contributed by atoms with Crippen LogP contribution >= 0.6 is 0 Å². The summed E-state index contributed by atoms with van der Waals surface area (Å²) in [5.74, 6) is -0.0883. The first-order chi connectivity index (χ1) is 18.5. The van der Waals surface area contributed by atoms with E-state index < -0.39 is 17.9 Å². The predicted molar refractivity (Wildman–Crippen MR) is 145 cm³/mol. The number of benzene rings is 3. The van der Waals surface area contributed by atoms with Gasteiger partial charge in [0, 0.05) is 18.2 Å². The molecule has 7 nitrogen and oxygen atoms in total. The van der Waals surface area contributed by atoms with E-state index in [1.54, 1.807) is 6.08 Å². The van der Waals surface area contributed by atoms with Gasteiger partial charge < -0.3 is 18.9 Å². The molecule has 0 saturated carbocycles. The van der Waals surface area contributed by atoms with E-state index in [1.807, 2.05) is 48.5 Å². The summed E-state index contributed by atoms with van der Waals surface area (Å²) in [6.07, 6.45) is 6.72. The van der Waals surface area contributed by atoms with Gasteiger partial charge in [-0.15, -0.1) is 0 Å². The fourth-order valence-corrected chi connectivity index (χ4v) is 3.20. The predicted octanol–water partition coefficient (Wildman–Crippen LogP) is 5.95. The number of hydrogen-bond acceptors (Lipinski definition) is 7. The zero-order valence-corrected chi connectivity index (χ0v) is 20.8. The summed E-state index contributed by atoms with van der Waals surface area (Å²) in [6, 6.07) is 21.6. The number of unbranched alkanes of at least 4 members (excludes halogenated alkanes) is 1. The van der Waals surface area contributed by atoms with Crippen molar-refractivity contribution in [3.63, 3.8) is 0 Å². The molecule has 3 aromatic carbocycles. The van der Waals surface area contributed by atoms with Gasteiger partial charge in [-0.1, -0.05) is 49.6 Å². The van der Waals surface area contributed by atoms with Gasteiger partial charge >= 0.3 is 17.9 Å². The SMILES string of the molecule is C=CC(=O)OCCCCOc1ccc(-c2ccc(C=CC(=O)Oc3ccc(OC(=O)C=C)cc3)cc2)cc1. The highest BCUT2D eigenvalue weighted by molar-refractivity contribution is 5.89. The number of carbonyl (C=O) groups is 3. The Kier molecular flexibility index (Phi) is 10.6. The van der Waals surface area contributed by atoms with Crippen LogP contribution in [0.25, 0.3) is 17.2 Å². The van der Waals surface area contributed by atoms with Crippen molar-refractivity contribution in [3.05, 3.63) is 110 Å². The molecule has 0 saturated heterocycles. The van der Waals surface area contributed by atoms with Crippen LogP contribution in [0.1, 0.15) is 18.4 Å². The molecule has 7 heteroatoms. The van der Waals surface area contributed by atoms with Gasteiger partial charge in [-0.3, -0.25) is 0 Å². The molecule has 0 amide bonds. The number of esters is 3. The Morgan fingerprint density at radius 2 is 1.11 bits per heavy atom. The minimum absolute atomic E-state index is 0.327.